The van der Waals surface area contributed by atoms with Crippen LogP contribution in [0, 0.1) is 0 Å². The van der Waals surface area contributed by atoms with E-state index in [2.05, 4.69) is 11.3 Å². The minimum Gasteiger partial charge on any atom is -0.462 e. The Kier molecular flexibility index (Phi) is 14.7. The third-order valence-corrected chi connectivity index (χ3v) is 0.813. The minimum absolute atomic E-state index is 0.264. The molecule has 12 heavy (non-hydrogen) atoms. The summed E-state index contributed by atoms with van der Waals surface area (Å²) in [6.45, 7) is 10.7. The molecule has 3 heteroatoms. The van der Waals surface area contributed by atoms with Crippen LogP contribution in [-0.4, -0.2) is 25.8 Å². The molecule has 0 radical (unpaired) electrons. The predicted molar refractivity (Wildman–Crippen MR) is 49.0 cm³/mol. The summed E-state index contributed by atoms with van der Waals surface area (Å²) >= 11 is 0. The summed E-state index contributed by atoms with van der Waals surface area (Å²) in [5, 5.41) is 0. The van der Waals surface area contributed by atoms with E-state index in [1.165, 1.54) is 13.0 Å². The molecule has 0 heterocycles. The number of ether oxygens (including phenoxy) is 2. The normalized spacial score (nSPS) is 7.92. The standard InChI is InChI=1S/C5H8O2.C4H10O/c1-3-4-7-5(2)6;1-3-5-4-2/h3H,1,4H2,2H3;3-4H2,1-2H3. The average molecular weight is 174 g/mol. The van der Waals surface area contributed by atoms with Gasteiger partial charge in [0.05, 0.1) is 0 Å². The van der Waals surface area contributed by atoms with Crippen LogP contribution in [0.1, 0.15) is 20.8 Å². The van der Waals surface area contributed by atoms with Crippen molar-refractivity contribution in [2.24, 2.45) is 0 Å². The van der Waals surface area contributed by atoms with E-state index in [1.54, 1.807) is 0 Å². The summed E-state index contributed by atoms with van der Waals surface area (Å²) in [5.74, 6) is -0.264. The van der Waals surface area contributed by atoms with Crippen LogP contribution in [0.4, 0.5) is 0 Å². The zero-order valence-corrected chi connectivity index (χ0v) is 8.13. The van der Waals surface area contributed by atoms with Gasteiger partial charge in [0.15, 0.2) is 0 Å². The quantitative estimate of drug-likeness (QED) is 0.481. The Labute approximate surface area is 74.4 Å². The lowest BCUT2D eigenvalue weighted by atomic mass is 10.7. The van der Waals surface area contributed by atoms with Crippen LogP contribution in [0.5, 0.6) is 0 Å². The van der Waals surface area contributed by atoms with E-state index in [0.29, 0.717) is 6.61 Å². The van der Waals surface area contributed by atoms with Crippen LogP contribution in [0.2, 0.25) is 0 Å². The zero-order chi connectivity index (χ0) is 9.82. The molecule has 0 rings (SSSR count). The highest BCUT2D eigenvalue weighted by Crippen LogP contribution is 1.73. The molecule has 0 aliphatic carbocycles. The maximum atomic E-state index is 9.93. The Morgan fingerprint density at radius 2 is 1.92 bits per heavy atom. The van der Waals surface area contributed by atoms with E-state index < -0.39 is 0 Å². The van der Waals surface area contributed by atoms with Gasteiger partial charge in [-0.05, 0) is 13.8 Å². The van der Waals surface area contributed by atoms with Crippen molar-refractivity contribution in [3.63, 3.8) is 0 Å². The van der Waals surface area contributed by atoms with Gasteiger partial charge in [0.25, 0.3) is 0 Å². The van der Waals surface area contributed by atoms with Crippen molar-refractivity contribution in [3.8, 4) is 0 Å². The molecule has 0 aromatic heterocycles. The van der Waals surface area contributed by atoms with Crippen molar-refractivity contribution >= 4 is 5.97 Å². The molecule has 0 atom stereocenters. The Bertz CT molecular complexity index is 108. The Hall–Kier alpha value is -0.830. The molecule has 0 bridgehead atoms. The molecule has 0 fully saturated rings. The minimum atomic E-state index is -0.264. The lowest BCUT2D eigenvalue weighted by Gasteiger charge is -1.90. The summed E-state index contributed by atoms with van der Waals surface area (Å²) in [5.41, 5.74) is 0. The highest BCUT2D eigenvalue weighted by atomic mass is 16.5. The van der Waals surface area contributed by atoms with Gasteiger partial charge in [0, 0.05) is 20.1 Å². The molecule has 0 amide bonds. The first-order valence-electron chi connectivity index (χ1n) is 4.00. The van der Waals surface area contributed by atoms with Gasteiger partial charge in [-0.25, -0.2) is 0 Å². The van der Waals surface area contributed by atoms with Crippen LogP contribution >= 0.6 is 0 Å². The molecule has 72 valence electrons. The van der Waals surface area contributed by atoms with Crippen molar-refractivity contribution in [3.05, 3.63) is 12.7 Å². The zero-order valence-electron chi connectivity index (χ0n) is 8.13. The van der Waals surface area contributed by atoms with E-state index in [9.17, 15) is 4.79 Å². The fourth-order valence-electron chi connectivity index (χ4n) is 0.380. The number of carbonyl (C=O) groups excluding carboxylic acids is 1. The molecule has 0 aromatic rings. The molecular formula is C9H18O3. The van der Waals surface area contributed by atoms with Crippen molar-refractivity contribution in [2.75, 3.05) is 19.8 Å². The van der Waals surface area contributed by atoms with Gasteiger partial charge in [-0.15, -0.1) is 0 Å². The predicted octanol–water partition coefficient (Wildman–Crippen LogP) is 1.78. The highest BCUT2D eigenvalue weighted by molar-refractivity contribution is 5.65. The van der Waals surface area contributed by atoms with Crippen molar-refractivity contribution in [1.82, 2.24) is 0 Å². The lowest BCUT2D eigenvalue weighted by molar-refractivity contribution is -0.139. The molecule has 0 aliphatic rings. The number of hydrogen-bond acceptors (Lipinski definition) is 3. The SMILES string of the molecule is C=CCOC(C)=O.CCOCC. The Morgan fingerprint density at radius 1 is 1.42 bits per heavy atom. The number of carbonyl (C=O) groups is 1. The van der Waals surface area contributed by atoms with Crippen LogP contribution < -0.4 is 0 Å². The third kappa shape index (κ3) is 22.9. The largest absolute Gasteiger partial charge is 0.462 e. The second kappa shape index (κ2) is 12.8. The third-order valence-electron chi connectivity index (χ3n) is 0.813. The number of esters is 1. The van der Waals surface area contributed by atoms with E-state index in [4.69, 9.17) is 4.74 Å². The first-order chi connectivity index (χ1) is 5.68. The van der Waals surface area contributed by atoms with Gasteiger partial charge in [-0.2, -0.15) is 0 Å². The summed E-state index contributed by atoms with van der Waals surface area (Å²) in [7, 11) is 0. The first kappa shape index (κ1) is 13.7. The van der Waals surface area contributed by atoms with Crippen molar-refractivity contribution < 1.29 is 14.3 Å². The summed E-state index contributed by atoms with van der Waals surface area (Å²) < 4.78 is 9.27. The van der Waals surface area contributed by atoms with Crippen LogP contribution in [0.25, 0.3) is 0 Å². The summed E-state index contributed by atoms with van der Waals surface area (Å²) in [6.07, 6.45) is 1.53. The molecule has 0 unspecified atom stereocenters. The lowest BCUT2D eigenvalue weighted by Crippen LogP contribution is -1.96. The van der Waals surface area contributed by atoms with Gasteiger partial charge in [0.1, 0.15) is 6.61 Å². The second-order valence-electron chi connectivity index (χ2n) is 1.87. The van der Waals surface area contributed by atoms with Gasteiger partial charge in [-0.1, -0.05) is 12.7 Å². The van der Waals surface area contributed by atoms with E-state index in [1.807, 2.05) is 13.8 Å². The topological polar surface area (TPSA) is 35.5 Å². The van der Waals surface area contributed by atoms with Gasteiger partial charge >= 0.3 is 5.97 Å². The fraction of sp³-hybridized carbons (Fsp3) is 0.667. The number of rotatable bonds is 4. The van der Waals surface area contributed by atoms with Crippen LogP contribution in [0.3, 0.4) is 0 Å². The Morgan fingerprint density at radius 3 is 2.00 bits per heavy atom. The monoisotopic (exact) mass is 174 g/mol. The Balaban J connectivity index is 0. The van der Waals surface area contributed by atoms with E-state index in [0.717, 1.165) is 13.2 Å². The fourth-order valence-corrected chi connectivity index (χ4v) is 0.380. The molecule has 0 aliphatic heterocycles. The molecule has 0 saturated carbocycles. The molecule has 0 saturated heterocycles. The first-order valence-corrected chi connectivity index (χ1v) is 4.00. The highest BCUT2D eigenvalue weighted by Gasteiger charge is 1.83. The molecule has 0 N–H and O–H groups in total. The summed E-state index contributed by atoms with van der Waals surface area (Å²) in [6, 6.07) is 0. The van der Waals surface area contributed by atoms with Crippen molar-refractivity contribution in [1.29, 1.82) is 0 Å². The maximum absolute atomic E-state index is 9.93. The smallest absolute Gasteiger partial charge is 0.302 e. The number of hydrogen-bond donors (Lipinski definition) is 0. The molecule has 0 spiro atoms. The van der Waals surface area contributed by atoms with Crippen molar-refractivity contribution in [2.45, 2.75) is 20.8 Å². The molecule has 0 aromatic carbocycles. The van der Waals surface area contributed by atoms with E-state index in [-0.39, 0.29) is 5.97 Å². The van der Waals surface area contributed by atoms with Gasteiger partial charge in [-0.3, -0.25) is 4.79 Å². The van der Waals surface area contributed by atoms with Gasteiger partial charge in [0.2, 0.25) is 0 Å². The molecular weight excluding hydrogens is 156 g/mol. The maximum Gasteiger partial charge on any atom is 0.302 e. The second-order valence-corrected chi connectivity index (χ2v) is 1.87. The average Bonchev–Trinajstić information content (AvgIpc) is 2.03. The van der Waals surface area contributed by atoms with Gasteiger partial charge < -0.3 is 9.47 Å². The summed E-state index contributed by atoms with van der Waals surface area (Å²) in [4.78, 5) is 9.93. The molecule has 3 nitrogen and oxygen atoms in total. The van der Waals surface area contributed by atoms with Crippen LogP contribution in [0.15, 0.2) is 12.7 Å². The van der Waals surface area contributed by atoms with Crippen LogP contribution in [-0.2, 0) is 14.3 Å². The van der Waals surface area contributed by atoms with E-state index >= 15 is 0 Å².